The minimum Gasteiger partial charge on any atom is -0.484 e. The van der Waals surface area contributed by atoms with Crippen LogP contribution in [-0.4, -0.2) is 20.2 Å². The first-order valence-electron chi connectivity index (χ1n) is 8.23. The molecular formula is C20H17NO4S. The molecule has 5 nitrogen and oxygen atoms in total. The topological polar surface area (TPSA) is 65.0 Å². The summed E-state index contributed by atoms with van der Waals surface area (Å²) in [4.78, 5) is 0.106. The molecule has 0 aromatic heterocycles. The third kappa shape index (κ3) is 2.72. The lowest BCUT2D eigenvalue weighted by atomic mass is 10.00. The first kappa shape index (κ1) is 16.6. The van der Waals surface area contributed by atoms with Gasteiger partial charge in [0.1, 0.15) is 22.5 Å². The lowest BCUT2D eigenvalue weighted by Gasteiger charge is -2.07. The van der Waals surface area contributed by atoms with E-state index < -0.39 is 16.2 Å². The zero-order valence-corrected chi connectivity index (χ0v) is 15.2. The van der Waals surface area contributed by atoms with Crippen molar-refractivity contribution in [1.29, 1.82) is 0 Å². The fourth-order valence-corrected chi connectivity index (χ4v) is 4.12. The van der Waals surface area contributed by atoms with Crippen LogP contribution in [0.25, 0.3) is 10.8 Å². The van der Waals surface area contributed by atoms with Crippen LogP contribution < -0.4 is 4.74 Å². The van der Waals surface area contributed by atoms with Crippen LogP contribution in [0.3, 0.4) is 0 Å². The Labute approximate surface area is 152 Å². The van der Waals surface area contributed by atoms with Gasteiger partial charge in [-0.25, -0.2) is 0 Å². The Morgan fingerprint density at radius 2 is 1.73 bits per heavy atom. The average Bonchev–Trinajstić information content (AvgIpc) is 2.96. The molecule has 0 aliphatic carbocycles. The van der Waals surface area contributed by atoms with Gasteiger partial charge in [-0.1, -0.05) is 53.7 Å². The summed E-state index contributed by atoms with van der Waals surface area (Å²) in [6, 6.07) is 18.3. The lowest BCUT2D eigenvalue weighted by Crippen LogP contribution is -2.18. The molecule has 0 fully saturated rings. The SMILES string of the molecule is Cc1ccccc1S(=O)(=O)O/N=C1/c2c(ccc3ccccc23)OC1C. The molecule has 1 aliphatic rings. The van der Waals surface area contributed by atoms with Crippen LogP contribution in [0, 0.1) is 6.92 Å². The minimum atomic E-state index is -4.00. The molecule has 0 saturated heterocycles. The Bertz CT molecular complexity index is 1140. The van der Waals surface area contributed by atoms with Crippen molar-refractivity contribution in [3.63, 3.8) is 0 Å². The van der Waals surface area contributed by atoms with Crippen molar-refractivity contribution < 1.29 is 17.4 Å². The van der Waals surface area contributed by atoms with E-state index in [1.165, 1.54) is 6.07 Å². The van der Waals surface area contributed by atoms with Gasteiger partial charge in [0, 0.05) is 0 Å². The number of nitrogens with zero attached hydrogens (tertiary/aromatic N) is 1. The minimum absolute atomic E-state index is 0.106. The van der Waals surface area contributed by atoms with Crippen molar-refractivity contribution >= 4 is 26.6 Å². The van der Waals surface area contributed by atoms with E-state index in [2.05, 4.69) is 5.16 Å². The van der Waals surface area contributed by atoms with Gasteiger partial charge in [0.2, 0.25) is 0 Å². The summed E-state index contributed by atoms with van der Waals surface area (Å²) in [6.45, 7) is 3.53. The highest BCUT2D eigenvalue weighted by atomic mass is 32.2. The largest absolute Gasteiger partial charge is 0.484 e. The molecule has 0 radical (unpaired) electrons. The Kier molecular flexibility index (Phi) is 3.92. The Morgan fingerprint density at radius 3 is 2.54 bits per heavy atom. The van der Waals surface area contributed by atoms with Gasteiger partial charge in [0.05, 0.1) is 5.56 Å². The molecule has 0 saturated carbocycles. The average molecular weight is 367 g/mol. The maximum absolute atomic E-state index is 12.5. The third-order valence-corrected chi connectivity index (χ3v) is 5.70. The molecule has 26 heavy (non-hydrogen) atoms. The summed E-state index contributed by atoms with van der Waals surface area (Å²) in [7, 11) is -4.00. The predicted octanol–water partition coefficient (Wildman–Crippen LogP) is 4.04. The highest BCUT2D eigenvalue weighted by molar-refractivity contribution is 7.86. The van der Waals surface area contributed by atoms with Crippen molar-refractivity contribution in [3.8, 4) is 5.75 Å². The second kappa shape index (κ2) is 6.14. The van der Waals surface area contributed by atoms with Crippen LogP contribution >= 0.6 is 0 Å². The van der Waals surface area contributed by atoms with Crippen LogP contribution in [0.4, 0.5) is 0 Å². The Balaban J connectivity index is 1.78. The molecule has 1 unspecified atom stereocenters. The van der Waals surface area contributed by atoms with Gasteiger partial charge >= 0.3 is 10.1 Å². The van der Waals surface area contributed by atoms with Crippen LogP contribution in [0.15, 0.2) is 70.7 Å². The number of fused-ring (bicyclic) bond motifs is 3. The number of benzene rings is 3. The summed E-state index contributed by atoms with van der Waals surface area (Å²) >= 11 is 0. The van der Waals surface area contributed by atoms with Crippen molar-refractivity contribution in [2.75, 3.05) is 0 Å². The lowest BCUT2D eigenvalue weighted by molar-refractivity contribution is 0.291. The highest BCUT2D eigenvalue weighted by Crippen LogP contribution is 2.35. The molecule has 0 N–H and O–H groups in total. The molecule has 0 amide bonds. The van der Waals surface area contributed by atoms with E-state index in [0.29, 0.717) is 17.0 Å². The molecule has 3 aromatic carbocycles. The normalized spacial score (nSPS) is 17.9. The molecule has 6 heteroatoms. The van der Waals surface area contributed by atoms with Gasteiger partial charge in [-0.2, -0.15) is 8.42 Å². The van der Waals surface area contributed by atoms with Crippen molar-refractivity contribution in [2.24, 2.45) is 5.16 Å². The van der Waals surface area contributed by atoms with Crippen molar-refractivity contribution in [2.45, 2.75) is 24.8 Å². The number of hydrogen-bond acceptors (Lipinski definition) is 5. The van der Waals surface area contributed by atoms with Gasteiger partial charge in [0.15, 0.2) is 0 Å². The smallest absolute Gasteiger partial charge is 0.358 e. The molecule has 0 spiro atoms. The first-order chi connectivity index (χ1) is 12.5. The molecular weight excluding hydrogens is 350 g/mol. The molecule has 4 rings (SSSR count). The number of rotatable bonds is 3. The van der Waals surface area contributed by atoms with Crippen LogP contribution in [-0.2, 0) is 14.4 Å². The third-order valence-electron chi connectivity index (χ3n) is 4.43. The van der Waals surface area contributed by atoms with E-state index in [1.54, 1.807) is 25.1 Å². The van der Waals surface area contributed by atoms with Crippen LogP contribution in [0.1, 0.15) is 18.1 Å². The monoisotopic (exact) mass is 367 g/mol. The second-order valence-corrected chi connectivity index (χ2v) is 7.69. The summed E-state index contributed by atoms with van der Waals surface area (Å²) in [5.74, 6) is 0.673. The Morgan fingerprint density at radius 1 is 1.00 bits per heavy atom. The molecule has 132 valence electrons. The maximum Gasteiger partial charge on any atom is 0.358 e. The molecule has 1 aliphatic heterocycles. The van der Waals surface area contributed by atoms with Crippen molar-refractivity contribution in [3.05, 3.63) is 71.8 Å². The van der Waals surface area contributed by atoms with Gasteiger partial charge in [-0.15, -0.1) is 0 Å². The summed E-state index contributed by atoms with van der Waals surface area (Å²) < 4.78 is 35.9. The Hall–Kier alpha value is -2.86. The van der Waals surface area contributed by atoms with E-state index in [4.69, 9.17) is 9.02 Å². The fraction of sp³-hybridized carbons (Fsp3) is 0.150. The van der Waals surface area contributed by atoms with Gasteiger partial charge in [-0.3, -0.25) is 4.28 Å². The predicted molar refractivity (Wildman–Crippen MR) is 100 cm³/mol. The number of hydrogen-bond donors (Lipinski definition) is 0. The fourth-order valence-electron chi connectivity index (χ4n) is 3.15. The van der Waals surface area contributed by atoms with Gasteiger partial charge in [-0.05, 0) is 42.3 Å². The molecule has 3 aromatic rings. The van der Waals surface area contributed by atoms with E-state index in [1.807, 2.05) is 43.3 Å². The van der Waals surface area contributed by atoms with E-state index in [-0.39, 0.29) is 4.90 Å². The zero-order valence-electron chi connectivity index (χ0n) is 14.3. The summed E-state index contributed by atoms with van der Waals surface area (Å²) in [6.07, 6.45) is -0.400. The summed E-state index contributed by atoms with van der Waals surface area (Å²) in [5.41, 5.74) is 1.85. The summed E-state index contributed by atoms with van der Waals surface area (Å²) in [5, 5.41) is 5.96. The van der Waals surface area contributed by atoms with E-state index >= 15 is 0 Å². The second-order valence-electron chi connectivity index (χ2n) is 6.19. The van der Waals surface area contributed by atoms with Crippen LogP contribution in [0.2, 0.25) is 0 Å². The molecule has 0 bridgehead atoms. The number of aryl methyl sites for hydroxylation is 1. The highest BCUT2D eigenvalue weighted by Gasteiger charge is 2.30. The molecule has 1 atom stereocenters. The van der Waals surface area contributed by atoms with Gasteiger partial charge < -0.3 is 4.74 Å². The zero-order chi connectivity index (χ0) is 18.3. The van der Waals surface area contributed by atoms with Crippen molar-refractivity contribution in [1.82, 2.24) is 0 Å². The number of ether oxygens (including phenoxy) is 1. The maximum atomic E-state index is 12.5. The quantitative estimate of drug-likeness (QED) is 0.656. The molecule has 1 heterocycles. The first-order valence-corrected chi connectivity index (χ1v) is 9.64. The van der Waals surface area contributed by atoms with E-state index in [9.17, 15) is 8.42 Å². The standard InChI is InChI=1S/C20H17NO4S/c1-13-7-3-6-10-18(13)26(22,23)25-21-20-14(2)24-17-12-11-15-8-4-5-9-16(15)19(17)20/h3-12,14H,1-2H3/b21-20+. The number of oxime groups is 1. The van der Waals surface area contributed by atoms with Gasteiger partial charge in [0.25, 0.3) is 0 Å². The van der Waals surface area contributed by atoms with E-state index in [0.717, 1.165) is 16.3 Å². The van der Waals surface area contributed by atoms with Crippen LogP contribution in [0.5, 0.6) is 5.75 Å².